The van der Waals surface area contributed by atoms with Crippen molar-refractivity contribution in [3.63, 3.8) is 0 Å². The van der Waals surface area contributed by atoms with Crippen LogP contribution in [0, 0.1) is 0 Å². The van der Waals surface area contributed by atoms with Gasteiger partial charge in [0.25, 0.3) is 0 Å². The van der Waals surface area contributed by atoms with Crippen LogP contribution >= 0.6 is 0 Å². The van der Waals surface area contributed by atoms with Crippen molar-refractivity contribution in [1.29, 1.82) is 0 Å². The maximum Gasteiger partial charge on any atom is 0.309 e. The zero-order valence-electron chi connectivity index (χ0n) is 13.5. The molecule has 0 aromatic heterocycles. The molecule has 0 amide bonds. The van der Waals surface area contributed by atoms with Crippen molar-refractivity contribution < 1.29 is 9.22 Å². The number of hydrogen-bond donors (Lipinski definition) is 1. The Balaban J connectivity index is 2.83. The third-order valence-corrected chi connectivity index (χ3v) is 4.61. The molecule has 5 heteroatoms. The average molecular weight is 310 g/mol. The molecule has 1 aromatic rings. The molecule has 1 rings (SSSR count). The monoisotopic (exact) mass is 309 g/mol. The predicted molar refractivity (Wildman–Crippen MR) is 89.9 cm³/mol. The Morgan fingerprint density at radius 1 is 1.10 bits per heavy atom. The van der Waals surface area contributed by atoms with Crippen molar-refractivity contribution in [3.8, 4) is 0 Å². The first-order chi connectivity index (χ1) is 9.07. The Labute approximate surface area is 125 Å². The van der Waals surface area contributed by atoms with Crippen molar-refractivity contribution in [1.82, 2.24) is 4.98 Å². The first-order valence-corrected chi connectivity index (χ1v) is 14.0. The van der Waals surface area contributed by atoms with Crippen LogP contribution in [0.3, 0.4) is 0 Å². The number of carbonyl (C=O) groups is 1. The Morgan fingerprint density at radius 3 is 2.10 bits per heavy atom. The zero-order valence-corrected chi connectivity index (χ0v) is 15.5. The Bertz CT molecular complexity index is 435. The van der Waals surface area contributed by atoms with Crippen LogP contribution in [0.2, 0.25) is 39.3 Å². The lowest BCUT2D eigenvalue weighted by atomic mass is 10.1. The average Bonchev–Trinajstić information content (AvgIpc) is 2.25. The van der Waals surface area contributed by atoms with E-state index < -0.39 is 16.6 Å². The third kappa shape index (κ3) is 7.02. The zero-order chi connectivity index (χ0) is 15.4. The molecular formula is C15H27NO2Si2. The van der Waals surface area contributed by atoms with Crippen LogP contribution in [0.5, 0.6) is 0 Å². The van der Waals surface area contributed by atoms with Gasteiger partial charge in [-0.25, -0.2) is 0 Å². The Morgan fingerprint density at radius 2 is 1.65 bits per heavy atom. The van der Waals surface area contributed by atoms with E-state index >= 15 is 0 Å². The molecule has 3 nitrogen and oxygen atoms in total. The fraction of sp³-hybridized carbons (Fsp3) is 0.533. The van der Waals surface area contributed by atoms with Gasteiger partial charge < -0.3 is 9.41 Å². The molecule has 112 valence electrons. The minimum atomic E-state index is -1.85. The van der Waals surface area contributed by atoms with Gasteiger partial charge in [-0.1, -0.05) is 50.0 Å². The van der Waals surface area contributed by atoms with Crippen molar-refractivity contribution >= 4 is 22.5 Å². The van der Waals surface area contributed by atoms with E-state index in [0.717, 1.165) is 5.56 Å². The fourth-order valence-corrected chi connectivity index (χ4v) is 3.95. The maximum atomic E-state index is 12.4. The molecule has 1 aromatic carbocycles. The lowest BCUT2D eigenvalue weighted by Gasteiger charge is -2.28. The van der Waals surface area contributed by atoms with Gasteiger partial charge in [-0.3, -0.25) is 4.79 Å². The predicted octanol–water partition coefficient (Wildman–Crippen LogP) is 3.40. The van der Waals surface area contributed by atoms with Gasteiger partial charge in [0.1, 0.15) is 14.3 Å². The molecule has 0 radical (unpaired) electrons. The number of rotatable bonds is 6. The molecule has 0 aliphatic carbocycles. The maximum absolute atomic E-state index is 12.4. The summed E-state index contributed by atoms with van der Waals surface area (Å²) in [7, 11) is -3.40. The molecule has 0 aliphatic heterocycles. The molecule has 1 N–H and O–H groups in total. The van der Waals surface area contributed by atoms with E-state index in [1.807, 2.05) is 37.8 Å². The summed E-state index contributed by atoms with van der Waals surface area (Å²) >= 11 is 0. The molecule has 0 bridgehead atoms. The summed E-state index contributed by atoms with van der Waals surface area (Å²) in [6.07, 6.45) is 0.689. The van der Waals surface area contributed by atoms with E-state index in [9.17, 15) is 4.79 Å². The van der Waals surface area contributed by atoms with E-state index in [4.69, 9.17) is 4.43 Å². The van der Waals surface area contributed by atoms with Gasteiger partial charge in [0.2, 0.25) is 8.32 Å². The van der Waals surface area contributed by atoms with Crippen LogP contribution in [0.15, 0.2) is 30.3 Å². The molecule has 1 atom stereocenters. The van der Waals surface area contributed by atoms with Crippen molar-refractivity contribution in [2.75, 3.05) is 0 Å². The normalized spacial score (nSPS) is 13.9. The molecule has 0 unspecified atom stereocenters. The van der Waals surface area contributed by atoms with Gasteiger partial charge in [0, 0.05) is 0 Å². The van der Waals surface area contributed by atoms with Gasteiger partial charge >= 0.3 is 5.97 Å². The van der Waals surface area contributed by atoms with Crippen molar-refractivity contribution in [2.45, 2.75) is 51.7 Å². The highest BCUT2D eigenvalue weighted by atomic mass is 28.4. The second-order valence-electron chi connectivity index (χ2n) is 7.17. The van der Waals surface area contributed by atoms with Gasteiger partial charge in [-0.2, -0.15) is 0 Å². The summed E-state index contributed by atoms with van der Waals surface area (Å²) in [6, 6.07) is 9.87. The molecule has 20 heavy (non-hydrogen) atoms. The van der Waals surface area contributed by atoms with Crippen molar-refractivity contribution in [2.24, 2.45) is 0 Å². The van der Waals surface area contributed by atoms with Crippen LogP contribution < -0.4 is 4.98 Å². The molecule has 0 fully saturated rings. The van der Waals surface area contributed by atoms with E-state index in [1.165, 1.54) is 0 Å². The summed E-state index contributed by atoms with van der Waals surface area (Å²) in [4.78, 5) is 15.9. The molecule has 0 aliphatic rings. The van der Waals surface area contributed by atoms with Crippen LogP contribution in [0.4, 0.5) is 0 Å². The summed E-state index contributed by atoms with van der Waals surface area (Å²) in [5, 5.41) is 0. The quantitative estimate of drug-likeness (QED) is 0.819. The second kappa shape index (κ2) is 6.69. The number of benzene rings is 1. The van der Waals surface area contributed by atoms with Gasteiger partial charge in [-0.05, 0) is 31.6 Å². The number of carbonyl (C=O) groups excluding carboxylic acids is 1. The molecule has 0 saturated heterocycles. The summed E-state index contributed by atoms with van der Waals surface area (Å²) in [6.45, 7) is 12.7. The minimum absolute atomic E-state index is 0.101. The standard InChI is InChI=1S/C15H27NO2Si2/c1-19(2,3)16-14(15(17)18-20(4,5)6)12-13-10-8-7-9-11-13/h7-11,14,16H,12H2,1-6H3/t14-/m0/s1. The van der Waals surface area contributed by atoms with Crippen LogP contribution in [0.25, 0.3) is 0 Å². The highest BCUT2D eigenvalue weighted by Gasteiger charge is 2.30. The molecule has 0 heterocycles. The third-order valence-electron chi connectivity index (χ3n) is 2.58. The van der Waals surface area contributed by atoms with Crippen LogP contribution in [0.1, 0.15) is 5.56 Å². The number of hydrogen-bond acceptors (Lipinski definition) is 3. The SMILES string of the molecule is C[Si](C)(C)N[C@@H](Cc1ccccc1)C(=O)O[Si](C)(C)C. The molecular weight excluding hydrogens is 282 g/mol. The minimum Gasteiger partial charge on any atom is -0.519 e. The smallest absolute Gasteiger partial charge is 0.309 e. The first kappa shape index (κ1) is 17.1. The Kier molecular flexibility index (Phi) is 5.73. The van der Waals surface area contributed by atoms with Crippen LogP contribution in [-0.2, 0) is 15.6 Å². The topological polar surface area (TPSA) is 38.3 Å². The van der Waals surface area contributed by atoms with Gasteiger partial charge in [-0.15, -0.1) is 0 Å². The fourth-order valence-electron chi connectivity index (χ4n) is 1.94. The summed E-state index contributed by atoms with van der Waals surface area (Å²) < 4.78 is 5.68. The largest absolute Gasteiger partial charge is 0.519 e. The lowest BCUT2D eigenvalue weighted by molar-refractivity contribution is -0.137. The second-order valence-corrected chi connectivity index (χ2v) is 16.4. The van der Waals surface area contributed by atoms with E-state index in [1.54, 1.807) is 0 Å². The Hall–Kier alpha value is -0.916. The first-order valence-electron chi connectivity index (χ1n) is 7.11. The van der Waals surface area contributed by atoms with E-state index in [-0.39, 0.29) is 12.0 Å². The lowest BCUT2D eigenvalue weighted by Crippen LogP contribution is -2.54. The summed E-state index contributed by atoms with van der Waals surface area (Å²) in [5.41, 5.74) is 1.16. The summed E-state index contributed by atoms with van der Waals surface area (Å²) in [5.74, 6) is -0.101. The molecule has 0 saturated carbocycles. The highest BCUT2D eigenvalue weighted by Crippen LogP contribution is 2.11. The van der Waals surface area contributed by atoms with Gasteiger partial charge in [0.15, 0.2) is 0 Å². The van der Waals surface area contributed by atoms with Crippen LogP contribution in [-0.4, -0.2) is 28.6 Å². The van der Waals surface area contributed by atoms with Crippen molar-refractivity contribution in [3.05, 3.63) is 35.9 Å². The number of nitrogens with one attached hydrogen (secondary N) is 1. The van der Waals surface area contributed by atoms with Gasteiger partial charge in [0.05, 0.1) is 0 Å². The molecule has 0 spiro atoms. The van der Waals surface area contributed by atoms with E-state index in [0.29, 0.717) is 6.42 Å². The highest BCUT2D eigenvalue weighted by molar-refractivity contribution is 6.74. The van der Waals surface area contributed by atoms with E-state index in [2.05, 4.69) is 36.8 Å².